The number of unbranched alkanes of at least 4 members (excludes halogenated alkanes) is 9. The van der Waals surface area contributed by atoms with Crippen LogP contribution in [0.4, 0.5) is 0 Å². The van der Waals surface area contributed by atoms with E-state index in [0.717, 1.165) is 12.8 Å². The molecular formula is C12H27K3O4S. The van der Waals surface area contributed by atoms with Crippen LogP contribution in [0.2, 0.25) is 0 Å². The smallest absolute Gasteiger partial charge is 1.00 e. The molecule has 0 aromatic heterocycles. The summed E-state index contributed by atoms with van der Waals surface area (Å²) in [5.74, 6) is 0. The van der Waals surface area contributed by atoms with Crippen LogP contribution in [-0.4, -0.2) is 19.6 Å². The zero-order chi connectivity index (χ0) is 13.0. The van der Waals surface area contributed by atoms with Gasteiger partial charge in [-0.3, -0.25) is 4.18 Å². The second kappa shape index (κ2) is 23.8. The van der Waals surface area contributed by atoms with Gasteiger partial charge in [-0.25, -0.2) is 8.42 Å². The Morgan fingerprint density at radius 3 is 1.50 bits per heavy atom. The summed E-state index contributed by atoms with van der Waals surface area (Å²) >= 11 is 0. The van der Waals surface area contributed by atoms with Crippen molar-refractivity contribution in [1.29, 1.82) is 0 Å². The van der Waals surface area contributed by atoms with Gasteiger partial charge < -0.3 is 7.41 Å². The summed E-state index contributed by atoms with van der Waals surface area (Å²) in [6.45, 7) is 2.24. The van der Waals surface area contributed by atoms with Crippen LogP contribution < -0.4 is 154 Å². The molecule has 0 spiro atoms. The molecular weight excluding hydrogens is 357 g/mol. The monoisotopic (exact) mass is 384 g/mol. The van der Waals surface area contributed by atoms with E-state index in [1.165, 1.54) is 44.9 Å². The summed E-state index contributed by atoms with van der Waals surface area (Å²) in [5, 5.41) is 0. The molecule has 0 fully saturated rings. The molecule has 0 aromatic carbocycles. The molecule has 0 N–H and O–H groups in total. The first-order chi connectivity index (χ1) is 8.06. The van der Waals surface area contributed by atoms with Crippen molar-refractivity contribution in [2.75, 3.05) is 6.61 Å². The van der Waals surface area contributed by atoms with Gasteiger partial charge in [0.05, 0.1) is 6.61 Å². The molecule has 0 radical (unpaired) electrons. The zero-order valence-corrected chi connectivity index (χ0v) is 24.0. The van der Waals surface area contributed by atoms with Crippen LogP contribution >= 0.6 is 0 Å². The van der Waals surface area contributed by atoms with E-state index in [4.69, 9.17) is 0 Å². The van der Waals surface area contributed by atoms with Gasteiger partial charge in [0.1, 0.15) is 0 Å². The minimum Gasteiger partial charge on any atom is -1.00 e. The van der Waals surface area contributed by atoms with Crippen LogP contribution in [0.15, 0.2) is 0 Å². The van der Waals surface area contributed by atoms with Crippen LogP contribution in [0.5, 0.6) is 0 Å². The van der Waals surface area contributed by atoms with Crippen LogP contribution in [-0.2, 0) is 14.6 Å². The Balaban J connectivity index is -0.000000128. The summed E-state index contributed by atoms with van der Waals surface area (Å²) < 4.78 is 34.5. The van der Waals surface area contributed by atoms with Gasteiger partial charge >= 0.3 is 154 Å². The van der Waals surface area contributed by atoms with Crippen LogP contribution in [0.1, 0.15) is 74.0 Å². The van der Waals surface area contributed by atoms with E-state index in [1.54, 1.807) is 0 Å². The quantitative estimate of drug-likeness (QED) is 0.146. The maximum Gasteiger partial charge on any atom is 1.00 e. The minimum atomic E-state index is -4.48. The molecule has 0 saturated carbocycles. The van der Waals surface area contributed by atoms with Crippen molar-refractivity contribution < 1.29 is 174 Å². The Kier molecular flexibility index (Phi) is 38.6. The molecule has 0 saturated heterocycles. The molecule has 20 heavy (non-hydrogen) atoms. The van der Waals surface area contributed by atoms with Crippen molar-refractivity contribution in [3.05, 3.63) is 0 Å². The fourth-order valence-corrected chi connectivity index (χ4v) is 2.07. The molecule has 8 heteroatoms. The SMILES string of the molecule is CCCCCCCCCCCCOS(=O)(=O)[O-].[H-].[H-].[K+].[K+].[K+]. The van der Waals surface area contributed by atoms with Gasteiger partial charge in [-0.1, -0.05) is 64.7 Å². The summed E-state index contributed by atoms with van der Waals surface area (Å²) in [5.41, 5.74) is 0. The van der Waals surface area contributed by atoms with E-state index in [2.05, 4.69) is 11.1 Å². The topological polar surface area (TPSA) is 66.4 Å². The maximum atomic E-state index is 10.1. The number of hydrogen-bond donors (Lipinski definition) is 0. The van der Waals surface area contributed by atoms with E-state index >= 15 is 0 Å². The first kappa shape index (κ1) is 32.5. The van der Waals surface area contributed by atoms with Crippen molar-refractivity contribution in [2.45, 2.75) is 71.1 Å². The third-order valence-electron chi connectivity index (χ3n) is 2.73. The molecule has 0 aromatic rings. The third kappa shape index (κ3) is 30.6. The molecule has 0 bridgehead atoms. The molecule has 0 heterocycles. The Morgan fingerprint density at radius 1 is 0.800 bits per heavy atom. The van der Waals surface area contributed by atoms with E-state index in [9.17, 15) is 13.0 Å². The normalized spacial score (nSPS) is 10.1. The standard InChI is InChI=1S/C12H26O4S.3K.2H/c1-2-3-4-5-6-7-8-9-10-11-12-16-17(13,14)15;;;;;/h2-12H2,1H3,(H,13,14,15);;;;;/q;3*+1;2*-1/p-1. The average molecular weight is 385 g/mol. The van der Waals surface area contributed by atoms with E-state index in [0.29, 0.717) is 6.42 Å². The van der Waals surface area contributed by atoms with Crippen molar-refractivity contribution >= 4 is 10.4 Å². The van der Waals surface area contributed by atoms with Gasteiger partial charge in [0, 0.05) is 0 Å². The van der Waals surface area contributed by atoms with Gasteiger partial charge in [0.15, 0.2) is 0 Å². The average Bonchev–Trinajstić information content (AvgIpc) is 2.24. The summed E-state index contributed by atoms with van der Waals surface area (Å²) in [4.78, 5) is 0. The summed E-state index contributed by atoms with van der Waals surface area (Å²) in [7, 11) is -4.48. The summed E-state index contributed by atoms with van der Waals surface area (Å²) in [6, 6.07) is 0. The molecule has 0 aliphatic carbocycles. The predicted molar refractivity (Wildman–Crippen MR) is 69.7 cm³/mol. The van der Waals surface area contributed by atoms with E-state index in [1.807, 2.05) is 0 Å². The second-order valence-corrected chi connectivity index (χ2v) is 5.46. The Hall–Kier alpha value is 4.78. The van der Waals surface area contributed by atoms with Gasteiger partial charge in [0.2, 0.25) is 10.4 Å². The van der Waals surface area contributed by atoms with E-state index in [-0.39, 0.29) is 164 Å². The first-order valence-electron chi connectivity index (χ1n) is 6.66. The fraction of sp³-hybridized carbons (Fsp3) is 1.00. The van der Waals surface area contributed by atoms with Gasteiger partial charge in [0.25, 0.3) is 0 Å². The van der Waals surface area contributed by atoms with Gasteiger partial charge in [-0.05, 0) is 6.42 Å². The predicted octanol–water partition coefficient (Wildman–Crippen LogP) is -5.38. The molecule has 0 unspecified atom stereocenters. The fourth-order valence-electron chi connectivity index (χ4n) is 1.75. The number of hydrogen-bond acceptors (Lipinski definition) is 4. The zero-order valence-electron chi connectivity index (χ0n) is 15.8. The molecule has 4 nitrogen and oxygen atoms in total. The molecule has 0 aliphatic heterocycles. The molecule has 108 valence electrons. The molecule has 0 atom stereocenters. The van der Waals surface area contributed by atoms with E-state index < -0.39 is 10.4 Å². The minimum absolute atomic E-state index is 0. The van der Waals surface area contributed by atoms with Crippen molar-refractivity contribution in [3.63, 3.8) is 0 Å². The molecule has 0 aliphatic rings. The number of rotatable bonds is 12. The van der Waals surface area contributed by atoms with Crippen LogP contribution in [0.25, 0.3) is 0 Å². The largest absolute Gasteiger partial charge is 1.00 e. The Labute approximate surface area is 255 Å². The third-order valence-corrected chi connectivity index (χ3v) is 3.18. The molecule has 0 amide bonds. The van der Waals surface area contributed by atoms with Crippen molar-refractivity contribution in [3.8, 4) is 0 Å². The first-order valence-corrected chi connectivity index (χ1v) is 8.00. The van der Waals surface area contributed by atoms with Crippen LogP contribution in [0, 0.1) is 0 Å². The maximum absolute atomic E-state index is 10.1. The van der Waals surface area contributed by atoms with Crippen molar-refractivity contribution in [2.24, 2.45) is 0 Å². The Morgan fingerprint density at radius 2 is 1.15 bits per heavy atom. The van der Waals surface area contributed by atoms with Gasteiger partial charge in [-0.2, -0.15) is 0 Å². The summed E-state index contributed by atoms with van der Waals surface area (Å²) in [6.07, 6.45) is 11.7. The second-order valence-electron chi connectivity index (χ2n) is 4.41. The molecule has 0 rings (SSSR count). The van der Waals surface area contributed by atoms with Crippen molar-refractivity contribution in [1.82, 2.24) is 0 Å². The van der Waals surface area contributed by atoms with Crippen LogP contribution in [0.3, 0.4) is 0 Å². The Bertz CT molecular complexity index is 271. The van der Waals surface area contributed by atoms with Gasteiger partial charge in [-0.15, -0.1) is 0 Å².